The Bertz CT molecular complexity index is 261. The topological polar surface area (TPSA) is 29.1 Å². The molecule has 0 aromatic rings. The molecular weight excluding hydrogens is 174 g/mol. The smallest absolute Gasteiger partial charge is 0.251 e. The highest BCUT2D eigenvalue weighted by Gasteiger charge is 2.17. The van der Waals surface area contributed by atoms with Gasteiger partial charge in [0.25, 0.3) is 5.91 Å². The van der Waals surface area contributed by atoms with Gasteiger partial charge in [0.1, 0.15) is 0 Å². The summed E-state index contributed by atoms with van der Waals surface area (Å²) in [6, 6.07) is 0. The Balaban J connectivity index is 0.000000791. The molecule has 1 fully saturated rings. The van der Waals surface area contributed by atoms with Gasteiger partial charge in [-0.2, -0.15) is 0 Å². The molecule has 0 spiro atoms. The van der Waals surface area contributed by atoms with Gasteiger partial charge in [-0.05, 0) is 18.9 Å². The summed E-state index contributed by atoms with van der Waals surface area (Å²) in [6.45, 7) is 10.2. The van der Waals surface area contributed by atoms with Crippen molar-refractivity contribution in [3.63, 3.8) is 0 Å². The predicted molar refractivity (Wildman–Crippen MR) is 61.0 cm³/mol. The average molecular weight is 193 g/mol. The van der Waals surface area contributed by atoms with Gasteiger partial charge in [-0.1, -0.05) is 38.7 Å². The van der Waals surface area contributed by atoms with E-state index in [-0.39, 0.29) is 5.91 Å². The SMILES string of the molecule is C=C/C=C1/CCNC(=O)/C1=C/C.CC. The van der Waals surface area contributed by atoms with Crippen molar-refractivity contribution in [3.8, 4) is 0 Å². The monoisotopic (exact) mass is 193 g/mol. The molecule has 1 aliphatic rings. The molecule has 0 saturated carbocycles. The van der Waals surface area contributed by atoms with Crippen molar-refractivity contribution in [1.82, 2.24) is 5.32 Å². The second kappa shape index (κ2) is 7.13. The lowest BCUT2D eigenvalue weighted by Gasteiger charge is -2.17. The van der Waals surface area contributed by atoms with E-state index < -0.39 is 0 Å². The molecule has 14 heavy (non-hydrogen) atoms. The summed E-state index contributed by atoms with van der Waals surface area (Å²) in [5.41, 5.74) is 1.86. The molecule has 0 aromatic heterocycles. The molecule has 0 radical (unpaired) electrons. The largest absolute Gasteiger partial charge is 0.352 e. The van der Waals surface area contributed by atoms with Crippen molar-refractivity contribution >= 4 is 5.91 Å². The molecule has 1 heterocycles. The van der Waals surface area contributed by atoms with E-state index in [2.05, 4.69) is 11.9 Å². The summed E-state index contributed by atoms with van der Waals surface area (Å²) in [6.07, 6.45) is 6.35. The number of piperidine rings is 1. The molecule has 0 atom stereocenters. The van der Waals surface area contributed by atoms with Crippen molar-refractivity contribution in [2.75, 3.05) is 6.54 Å². The molecule has 1 rings (SSSR count). The molecule has 0 bridgehead atoms. The highest BCUT2D eigenvalue weighted by Crippen LogP contribution is 2.17. The molecule has 78 valence electrons. The fourth-order valence-electron chi connectivity index (χ4n) is 1.32. The van der Waals surface area contributed by atoms with Gasteiger partial charge in [0.05, 0.1) is 0 Å². The second-order valence-electron chi connectivity index (χ2n) is 2.64. The Morgan fingerprint density at radius 2 is 2.07 bits per heavy atom. The van der Waals surface area contributed by atoms with Gasteiger partial charge in [-0.3, -0.25) is 4.79 Å². The first-order chi connectivity index (χ1) is 6.79. The number of carbonyl (C=O) groups excluding carboxylic acids is 1. The summed E-state index contributed by atoms with van der Waals surface area (Å²) in [5, 5.41) is 2.79. The minimum absolute atomic E-state index is 0.0249. The quantitative estimate of drug-likeness (QED) is 0.637. The molecule has 2 heteroatoms. The van der Waals surface area contributed by atoms with E-state index in [9.17, 15) is 4.79 Å². The zero-order valence-corrected chi connectivity index (χ0v) is 9.26. The third-order valence-corrected chi connectivity index (χ3v) is 1.88. The highest BCUT2D eigenvalue weighted by molar-refractivity contribution is 5.98. The Kier molecular flexibility index (Phi) is 6.46. The molecule has 1 aliphatic heterocycles. The summed E-state index contributed by atoms with van der Waals surface area (Å²) in [5.74, 6) is 0.0249. The van der Waals surface area contributed by atoms with E-state index in [1.165, 1.54) is 0 Å². The highest BCUT2D eigenvalue weighted by atomic mass is 16.1. The van der Waals surface area contributed by atoms with Crippen LogP contribution in [-0.4, -0.2) is 12.5 Å². The summed E-state index contributed by atoms with van der Waals surface area (Å²) in [7, 11) is 0. The normalized spacial score (nSPS) is 21.2. The summed E-state index contributed by atoms with van der Waals surface area (Å²) in [4.78, 5) is 11.3. The zero-order valence-electron chi connectivity index (χ0n) is 9.26. The van der Waals surface area contributed by atoms with Crippen molar-refractivity contribution in [2.45, 2.75) is 27.2 Å². The second-order valence-corrected chi connectivity index (χ2v) is 2.64. The number of rotatable bonds is 1. The Hall–Kier alpha value is -1.31. The van der Waals surface area contributed by atoms with Crippen LogP contribution in [0.1, 0.15) is 27.2 Å². The Labute approximate surface area is 86.4 Å². The molecule has 1 amide bonds. The van der Waals surface area contributed by atoms with Crippen molar-refractivity contribution < 1.29 is 4.79 Å². The third-order valence-electron chi connectivity index (χ3n) is 1.88. The van der Waals surface area contributed by atoms with Gasteiger partial charge < -0.3 is 5.32 Å². The lowest BCUT2D eigenvalue weighted by atomic mass is 9.98. The first-order valence-electron chi connectivity index (χ1n) is 5.06. The molecule has 0 aromatic carbocycles. The van der Waals surface area contributed by atoms with Crippen LogP contribution in [0.25, 0.3) is 0 Å². The van der Waals surface area contributed by atoms with Crippen LogP contribution in [0.15, 0.2) is 36.0 Å². The maximum absolute atomic E-state index is 11.3. The van der Waals surface area contributed by atoms with Gasteiger partial charge in [-0.15, -0.1) is 0 Å². The molecule has 0 unspecified atom stereocenters. The number of nitrogens with one attached hydrogen (secondary N) is 1. The van der Waals surface area contributed by atoms with E-state index in [0.29, 0.717) is 0 Å². The molecule has 1 saturated heterocycles. The standard InChI is InChI=1S/C10H13NO.C2H6/c1-3-5-8-6-7-11-10(12)9(8)4-2;1-2/h3-5H,1,6-7H2,2H3,(H,11,12);1-2H3/b8-5-,9-4+;. The predicted octanol–water partition coefficient (Wildman–Crippen LogP) is 2.59. The number of amides is 1. The van der Waals surface area contributed by atoms with Gasteiger partial charge in [0.15, 0.2) is 0 Å². The van der Waals surface area contributed by atoms with E-state index in [1.807, 2.05) is 32.9 Å². The number of hydrogen-bond acceptors (Lipinski definition) is 1. The van der Waals surface area contributed by atoms with Crippen LogP contribution in [0.5, 0.6) is 0 Å². The fraction of sp³-hybridized carbons (Fsp3) is 0.417. The molecule has 1 N–H and O–H groups in total. The maximum Gasteiger partial charge on any atom is 0.251 e. The maximum atomic E-state index is 11.3. The van der Waals surface area contributed by atoms with Crippen LogP contribution in [0.3, 0.4) is 0 Å². The van der Waals surface area contributed by atoms with Gasteiger partial charge >= 0.3 is 0 Å². The number of hydrogen-bond donors (Lipinski definition) is 1. The number of carbonyl (C=O) groups is 1. The van der Waals surface area contributed by atoms with Crippen molar-refractivity contribution in [2.24, 2.45) is 0 Å². The van der Waals surface area contributed by atoms with Gasteiger partial charge in [-0.25, -0.2) is 0 Å². The van der Waals surface area contributed by atoms with Gasteiger partial charge in [0.2, 0.25) is 0 Å². The van der Waals surface area contributed by atoms with Crippen LogP contribution in [0.2, 0.25) is 0 Å². The Morgan fingerprint density at radius 3 is 2.57 bits per heavy atom. The number of allylic oxidation sites excluding steroid dienone is 3. The van der Waals surface area contributed by atoms with Crippen LogP contribution in [0, 0.1) is 0 Å². The van der Waals surface area contributed by atoms with Crippen LogP contribution >= 0.6 is 0 Å². The minimum Gasteiger partial charge on any atom is -0.352 e. The zero-order chi connectivity index (χ0) is 11.0. The fourth-order valence-corrected chi connectivity index (χ4v) is 1.32. The lowest BCUT2D eigenvalue weighted by molar-refractivity contribution is -0.117. The van der Waals surface area contributed by atoms with Gasteiger partial charge in [0, 0.05) is 12.1 Å². The van der Waals surface area contributed by atoms with Crippen molar-refractivity contribution in [1.29, 1.82) is 0 Å². The average Bonchev–Trinajstić information content (AvgIpc) is 2.22. The van der Waals surface area contributed by atoms with E-state index >= 15 is 0 Å². The van der Waals surface area contributed by atoms with E-state index in [0.717, 1.165) is 24.1 Å². The van der Waals surface area contributed by atoms with E-state index in [4.69, 9.17) is 0 Å². The molecule has 0 aliphatic carbocycles. The lowest BCUT2D eigenvalue weighted by Crippen LogP contribution is -2.32. The summed E-state index contributed by atoms with van der Waals surface area (Å²) < 4.78 is 0. The first kappa shape index (κ1) is 12.7. The first-order valence-corrected chi connectivity index (χ1v) is 5.06. The Morgan fingerprint density at radius 1 is 1.43 bits per heavy atom. The molecular formula is C12H19NO. The van der Waals surface area contributed by atoms with Crippen LogP contribution in [0.4, 0.5) is 0 Å². The summed E-state index contributed by atoms with van der Waals surface area (Å²) >= 11 is 0. The van der Waals surface area contributed by atoms with Crippen molar-refractivity contribution in [3.05, 3.63) is 36.0 Å². The van der Waals surface area contributed by atoms with Crippen LogP contribution < -0.4 is 5.32 Å². The van der Waals surface area contributed by atoms with Crippen LogP contribution in [-0.2, 0) is 4.79 Å². The molecule has 2 nitrogen and oxygen atoms in total. The third kappa shape index (κ3) is 3.21. The van der Waals surface area contributed by atoms with E-state index in [1.54, 1.807) is 6.08 Å². The minimum atomic E-state index is 0.0249.